The van der Waals surface area contributed by atoms with Gasteiger partial charge in [0.25, 0.3) is 0 Å². The molecular formula is C16H25ClN2OS. The van der Waals surface area contributed by atoms with Crippen LogP contribution >= 0.6 is 24.2 Å². The molecule has 1 saturated heterocycles. The lowest BCUT2D eigenvalue weighted by Crippen LogP contribution is -2.28. The molecule has 1 heterocycles. The van der Waals surface area contributed by atoms with Gasteiger partial charge in [0, 0.05) is 17.9 Å². The summed E-state index contributed by atoms with van der Waals surface area (Å²) in [5, 5.41) is 6.37. The van der Waals surface area contributed by atoms with Crippen LogP contribution in [0.15, 0.2) is 24.3 Å². The van der Waals surface area contributed by atoms with Crippen molar-refractivity contribution in [2.75, 3.05) is 24.7 Å². The first-order valence-electron chi connectivity index (χ1n) is 7.36. The molecule has 1 fully saturated rings. The Kier molecular flexibility index (Phi) is 8.81. The molecule has 0 unspecified atom stereocenters. The molecule has 1 amide bonds. The van der Waals surface area contributed by atoms with Gasteiger partial charge in [0.2, 0.25) is 5.91 Å². The van der Waals surface area contributed by atoms with Crippen molar-refractivity contribution < 1.29 is 4.79 Å². The van der Waals surface area contributed by atoms with E-state index < -0.39 is 0 Å². The van der Waals surface area contributed by atoms with E-state index in [-0.39, 0.29) is 18.3 Å². The minimum Gasteiger partial charge on any atom is -0.326 e. The summed E-state index contributed by atoms with van der Waals surface area (Å²) in [5.74, 6) is 1.84. The van der Waals surface area contributed by atoms with Crippen LogP contribution in [0.5, 0.6) is 0 Å². The van der Waals surface area contributed by atoms with Crippen molar-refractivity contribution in [1.29, 1.82) is 0 Å². The van der Waals surface area contributed by atoms with Gasteiger partial charge in [0.15, 0.2) is 0 Å². The number of carbonyl (C=O) groups is 1. The third-order valence-corrected chi connectivity index (χ3v) is 4.38. The molecule has 3 nitrogen and oxygen atoms in total. The topological polar surface area (TPSA) is 41.1 Å². The molecule has 2 rings (SSSR count). The van der Waals surface area contributed by atoms with Gasteiger partial charge in [0.05, 0.1) is 0 Å². The molecule has 0 aromatic heterocycles. The van der Waals surface area contributed by atoms with Crippen molar-refractivity contribution in [3.63, 3.8) is 0 Å². The van der Waals surface area contributed by atoms with Crippen molar-refractivity contribution >= 4 is 35.8 Å². The van der Waals surface area contributed by atoms with E-state index in [0.717, 1.165) is 31.0 Å². The number of thioether (sulfide) groups is 1. The Morgan fingerprint density at radius 2 is 2.14 bits per heavy atom. The maximum Gasteiger partial charge on any atom is 0.224 e. The number of carbonyl (C=O) groups excluding carboxylic acids is 1. The zero-order valence-electron chi connectivity index (χ0n) is 12.6. The smallest absolute Gasteiger partial charge is 0.224 e. The Bertz CT molecular complexity index is 436. The lowest BCUT2D eigenvalue weighted by molar-refractivity contribution is -0.116. The van der Waals surface area contributed by atoms with Crippen LogP contribution in [0.3, 0.4) is 0 Å². The van der Waals surface area contributed by atoms with E-state index in [2.05, 4.69) is 29.0 Å². The fraction of sp³-hybridized carbons (Fsp3) is 0.562. The third-order valence-electron chi connectivity index (χ3n) is 3.76. The van der Waals surface area contributed by atoms with Crippen LogP contribution < -0.4 is 10.6 Å². The highest BCUT2D eigenvalue weighted by Gasteiger charge is 2.14. The highest BCUT2D eigenvalue weighted by molar-refractivity contribution is 7.97. The lowest BCUT2D eigenvalue weighted by Gasteiger charge is -2.22. The fourth-order valence-corrected chi connectivity index (χ4v) is 3.15. The standard InChI is InChI=1S/C16H24N2OS.ClH/c1-20-12-14-3-2-4-15(11-14)18-16(19)6-5-13-7-9-17-10-8-13;/h2-4,11,13,17H,5-10,12H2,1H3,(H,18,19);1H. The number of piperidine rings is 1. The van der Waals surface area contributed by atoms with Crippen molar-refractivity contribution in [2.45, 2.75) is 31.4 Å². The van der Waals surface area contributed by atoms with E-state index in [9.17, 15) is 4.79 Å². The minimum absolute atomic E-state index is 0. The second-order valence-electron chi connectivity index (χ2n) is 5.41. The normalized spacial score (nSPS) is 15.3. The van der Waals surface area contributed by atoms with Gasteiger partial charge in [-0.1, -0.05) is 12.1 Å². The summed E-state index contributed by atoms with van der Waals surface area (Å²) in [5.41, 5.74) is 2.18. The molecule has 2 N–H and O–H groups in total. The fourth-order valence-electron chi connectivity index (χ4n) is 2.63. The number of benzene rings is 1. The number of amides is 1. The average molecular weight is 329 g/mol. The third kappa shape index (κ3) is 6.72. The van der Waals surface area contributed by atoms with E-state index >= 15 is 0 Å². The molecule has 5 heteroatoms. The lowest BCUT2D eigenvalue weighted by atomic mass is 9.93. The Morgan fingerprint density at radius 3 is 2.86 bits per heavy atom. The molecule has 0 radical (unpaired) electrons. The minimum atomic E-state index is 0. The number of rotatable bonds is 6. The van der Waals surface area contributed by atoms with Crippen LogP contribution in [0, 0.1) is 5.92 Å². The number of anilines is 1. The number of halogens is 1. The van der Waals surface area contributed by atoms with Crippen LogP contribution in [0.25, 0.3) is 0 Å². The molecule has 0 aliphatic carbocycles. The SMILES string of the molecule is CSCc1cccc(NC(=O)CCC2CCNCC2)c1.Cl. The summed E-state index contributed by atoms with van der Waals surface area (Å²) < 4.78 is 0. The summed E-state index contributed by atoms with van der Waals surface area (Å²) in [6, 6.07) is 8.14. The Balaban J connectivity index is 0.00000220. The molecule has 0 spiro atoms. The summed E-state index contributed by atoms with van der Waals surface area (Å²) in [6.07, 6.45) is 6.15. The first-order valence-corrected chi connectivity index (χ1v) is 8.76. The van der Waals surface area contributed by atoms with Gasteiger partial charge in [-0.15, -0.1) is 12.4 Å². The largest absolute Gasteiger partial charge is 0.326 e. The average Bonchev–Trinajstić information content (AvgIpc) is 2.47. The van der Waals surface area contributed by atoms with Crippen molar-refractivity contribution in [3.8, 4) is 0 Å². The Hall–Kier alpha value is -0.710. The highest BCUT2D eigenvalue weighted by atomic mass is 35.5. The molecule has 1 aliphatic rings. The molecule has 1 aromatic carbocycles. The van der Waals surface area contributed by atoms with Crippen molar-refractivity contribution in [3.05, 3.63) is 29.8 Å². The number of hydrogen-bond acceptors (Lipinski definition) is 3. The zero-order chi connectivity index (χ0) is 14.2. The van der Waals surface area contributed by atoms with Gasteiger partial charge in [-0.3, -0.25) is 4.79 Å². The predicted molar refractivity (Wildman–Crippen MR) is 94.4 cm³/mol. The van der Waals surface area contributed by atoms with Crippen molar-refractivity contribution in [2.24, 2.45) is 5.92 Å². The predicted octanol–water partition coefficient (Wildman–Crippen LogP) is 3.69. The van der Waals surface area contributed by atoms with Crippen molar-refractivity contribution in [1.82, 2.24) is 5.32 Å². The zero-order valence-corrected chi connectivity index (χ0v) is 14.2. The molecule has 0 atom stereocenters. The first kappa shape index (κ1) is 18.3. The van der Waals surface area contributed by atoms with E-state index in [0.29, 0.717) is 12.3 Å². The quantitative estimate of drug-likeness (QED) is 0.836. The van der Waals surface area contributed by atoms with Gasteiger partial charge >= 0.3 is 0 Å². The maximum absolute atomic E-state index is 12.0. The molecule has 0 bridgehead atoms. The number of nitrogens with one attached hydrogen (secondary N) is 2. The second-order valence-corrected chi connectivity index (χ2v) is 6.28. The maximum atomic E-state index is 12.0. The van der Waals surface area contributed by atoms with Gasteiger partial charge in [-0.05, 0) is 62.2 Å². The van der Waals surface area contributed by atoms with Gasteiger partial charge < -0.3 is 10.6 Å². The van der Waals surface area contributed by atoms with Crippen LogP contribution in [0.4, 0.5) is 5.69 Å². The molecule has 21 heavy (non-hydrogen) atoms. The van der Waals surface area contributed by atoms with E-state index in [1.54, 1.807) is 11.8 Å². The highest BCUT2D eigenvalue weighted by Crippen LogP contribution is 2.19. The van der Waals surface area contributed by atoms with E-state index in [1.807, 2.05) is 12.1 Å². The van der Waals surface area contributed by atoms with Gasteiger partial charge in [-0.2, -0.15) is 11.8 Å². The summed E-state index contributed by atoms with van der Waals surface area (Å²) >= 11 is 1.79. The second kappa shape index (κ2) is 10.1. The first-order chi connectivity index (χ1) is 9.78. The molecule has 1 aromatic rings. The molecular weight excluding hydrogens is 304 g/mol. The van der Waals surface area contributed by atoms with Crippen LogP contribution in [-0.4, -0.2) is 25.3 Å². The Morgan fingerprint density at radius 1 is 1.38 bits per heavy atom. The molecule has 118 valence electrons. The molecule has 1 aliphatic heterocycles. The summed E-state index contributed by atoms with van der Waals surface area (Å²) in [6.45, 7) is 2.20. The summed E-state index contributed by atoms with van der Waals surface area (Å²) in [4.78, 5) is 12.0. The van der Waals surface area contributed by atoms with Crippen LogP contribution in [0.1, 0.15) is 31.2 Å². The summed E-state index contributed by atoms with van der Waals surface area (Å²) in [7, 11) is 0. The molecule has 0 saturated carbocycles. The number of hydrogen-bond donors (Lipinski definition) is 2. The van der Waals surface area contributed by atoms with E-state index in [4.69, 9.17) is 0 Å². The van der Waals surface area contributed by atoms with Gasteiger partial charge in [-0.25, -0.2) is 0 Å². The monoisotopic (exact) mass is 328 g/mol. The van der Waals surface area contributed by atoms with Crippen LogP contribution in [0.2, 0.25) is 0 Å². The van der Waals surface area contributed by atoms with Crippen LogP contribution in [-0.2, 0) is 10.5 Å². The van der Waals surface area contributed by atoms with E-state index in [1.165, 1.54) is 18.4 Å². The van der Waals surface area contributed by atoms with Gasteiger partial charge in [0.1, 0.15) is 0 Å². The Labute approximate surface area is 138 Å².